The van der Waals surface area contributed by atoms with E-state index in [1.807, 2.05) is 13.8 Å². The molecule has 0 unspecified atom stereocenters. The smallest absolute Gasteiger partial charge is 0.309 e. The number of carboxylic acid groups (broad SMARTS) is 1. The van der Waals surface area contributed by atoms with Gasteiger partial charge in [-0.2, -0.15) is 0 Å². The van der Waals surface area contributed by atoms with Gasteiger partial charge < -0.3 is 14.9 Å². The molecule has 0 saturated carbocycles. The van der Waals surface area contributed by atoms with Gasteiger partial charge in [0.1, 0.15) is 5.76 Å². The number of anilines is 1. The van der Waals surface area contributed by atoms with Gasteiger partial charge in [-0.3, -0.25) is 9.59 Å². The molecule has 0 aliphatic carbocycles. The van der Waals surface area contributed by atoms with Crippen LogP contribution in [0.4, 0.5) is 5.13 Å². The Bertz CT molecular complexity index is 643. The van der Waals surface area contributed by atoms with Gasteiger partial charge in [-0.05, 0) is 20.3 Å². The van der Waals surface area contributed by atoms with E-state index < -0.39 is 5.97 Å². The van der Waals surface area contributed by atoms with Crippen LogP contribution in [0.1, 0.15) is 29.1 Å². The number of aliphatic carboxylic acids is 1. The Hall–Kier alpha value is -2.22. The molecule has 0 aliphatic heterocycles. The highest BCUT2D eigenvalue weighted by atomic mass is 32.1. The fourth-order valence-corrected chi connectivity index (χ4v) is 2.61. The van der Waals surface area contributed by atoms with E-state index in [0.29, 0.717) is 17.2 Å². The normalized spacial score (nSPS) is 10.6. The van der Waals surface area contributed by atoms with Crippen LogP contribution in [-0.4, -0.2) is 27.1 Å². The Morgan fingerprint density at radius 2 is 2.19 bits per heavy atom. The largest absolute Gasteiger partial charge is 0.481 e. The summed E-state index contributed by atoms with van der Waals surface area (Å²) in [5.74, 6) is -0.402. The molecule has 21 heavy (non-hydrogen) atoms. The van der Waals surface area contributed by atoms with E-state index in [1.165, 1.54) is 11.3 Å². The molecule has 8 heteroatoms. The summed E-state index contributed by atoms with van der Waals surface area (Å²) in [6.45, 7) is 3.65. The maximum atomic E-state index is 11.8. The predicted octanol–water partition coefficient (Wildman–Crippen LogP) is 1.95. The van der Waals surface area contributed by atoms with Crippen LogP contribution < -0.4 is 5.32 Å². The second kappa shape index (κ2) is 6.49. The molecule has 0 atom stereocenters. The molecule has 2 rings (SSSR count). The summed E-state index contributed by atoms with van der Waals surface area (Å²) < 4.78 is 5.04. The summed E-state index contributed by atoms with van der Waals surface area (Å²) >= 11 is 1.21. The number of aryl methyl sites for hydroxylation is 2. The predicted molar refractivity (Wildman–Crippen MR) is 76.4 cm³/mol. The topological polar surface area (TPSA) is 105 Å². The standard InChI is InChI=1S/C13H15N3O4S/c1-7-10(8(2)20-16-7)3-4-11(17)15-13-14-9(6-21-13)5-12(18)19/h6H,3-5H2,1-2H3,(H,18,19)(H,14,15,17). The van der Waals surface area contributed by atoms with Crippen molar-refractivity contribution in [2.45, 2.75) is 33.1 Å². The second-order valence-electron chi connectivity index (χ2n) is 4.57. The maximum Gasteiger partial charge on any atom is 0.309 e. The van der Waals surface area contributed by atoms with Crippen LogP contribution in [0.25, 0.3) is 0 Å². The van der Waals surface area contributed by atoms with E-state index >= 15 is 0 Å². The first-order valence-electron chi connectivity index (χ1n) is 6.33. The fourth-order valence-electron chi connectivity index (χ4n) is 1.88. The minimum atomic E-state index is -0.948. The van der Waals surface area contributed by atoms with Crippen molar-refractivity contribution < 1.29 is 19.2 Å². The minimum absolute atomic E-state index is 0.147. The molecule has 0 radical (unpaired) electrons. The number of nitrogens with zero attached hydrogens (tertiary/aromatic N) is 2. The first-order chi connectivity index (χ1) is 9.95. The van der Waals surface area contributed by atoms with Gasteiger partial charge in [0.15, 0.2) is 5.13 Å². The molecule has 2 aromatic heterocycles. The van der Waals surface area contributed by atoms with Crippen LogP contribution in [0, 0.1) is 13.8 Å². The number of carbonyl (C=O) groups excluding carboxylic acids is 1. The van der Waals surface area contributed by atoms with Crippen molar-refractivity contribution >= 4 is 28.3 Å². The Morgan fingerprint density at radius 1 is 1.43 bits per heavy atom. The lowest BCUT2D eigenvalue weighted by atomic mass is 10.1. The van der Waals surface area contributed by atoms with Crippen molar-refractivity contribution in [2.24, 2.45) is 0 Å². The molecular weight excluding hydrogens is 294 g/mol. The van der Waals surface area contributed by atoms with Crippen LogP contribution >= 0.6 is 11.3 Å². The zero-order valence-electron chi connectivity index (χ0n) is 11.7. The summed E-state index contributed by atoms with van der Waals surface area (Å²) in [5.41, 5.74) is 2.17. The molecule has 112 valence electrons. The summed E-state index contributed by atoms with van der Waals surface area (Å²) in [6.07, 6.45) is 0.683. The Labute approximate surface area is 125 Å². The number of amides is 1. The van der Waals surface area contributed by atoms with Crippen molar-refractivity contribution in [3.05, 3.63) is 28.1 Å². The van der Waals surface area contributed by atoms with Crippen molar-refractivity contribution in [3.63, 3.8) is 0 Å². The van der Waals surface area contributed by atoms with E-state index in [1.54, 1.807) is 5.38 Å². The molecule has 0 aromatic carbocycles. The number of thiazole rings is 1. The van der Waals surface area contributed by atoms with Gasteiger partial charge in [0.2, 0.25) is 5.91 Å². The van der Waals surface area contributed by atoms with Gasteiger partial charge in [-0.1, -0.05) is 5.16 Å². The van der Waals surface area contributed by atoms with Gasteiger partial charge in [-0.25, -0.2) is 4.98 Å². The van der Waals surface area contributed by atoms with Crippen molar-refractivity contribution in [2.75, 3.05) is 5.32 Å². The third kappa shape index (κ3) is 4.12. The molecule has 7 nitrogen and oxygen atoms in total. The Kier molecular flexibility index (Phi) is 4.69. The number of nitrogens with one attached hydrogen (secondary N) is 1. The first kappa shape index (κ1) is 15.2. The molecule has 2 aromatic rings. The Balaban J connectivity index is 1.87. The number of rotatable bonds is 6. The third-order valence-electron chi connectivity index (χ3n) is 2.91. The van der Waals surface area contributed by atoms with Gasteiger partial charge in [-0.15, -0.1) is 11.3 Å². The lowest BCUT2D eigenvalue weighted by molar-refractivity contribution is -0.136. The highest BCUT2D eigenvalue weighted by Crippen LogP contribution is 2.18. The first-order valence-corrected chi connectivity index (χ1v) is 7.21. The Morgan fingerprint density at radius 3 is 2.81 bits per heavy atom. The van der Waals surface area contributed by atoms with Gasteiger partial charge in [0, 0.05) is 17.4 Å². The summed E-state index contributed by atoms with van der Waals surface area (Å²) in [7, 11) is 0. The third-order valence-corrected chi connectivity index (χ3v) is 3.72. The van der Waals surface area contributed by atoms with Crippen LogP contribution in [0.5, 0.6) is 0 Å². The summed E-state index contributed by atoms with van der Waals surface area (Å²) in [4.78, 5) is 26.5. The average molecular weight is 309 g/mol. The summed E-state index contributed by atoms with van der Waals surface area (Å²) in [5, 5.41) is 17.2. The SMILES string of the molecule is Cc1noc(C)c1CCC(=O)Nc1nc(CC(=O)O)cs1. The van der Waals surface area contributed by atoms with E-state index in [9.17, 15) is 9.59 Å². The van der Waals surface area contributed by atoms with Crippen LogP contribution in [0.2, 0.25) is 0 Å². The quantitative estimate of drug-likeness (QED) is 0.845. The number of hydrogen-bond donors (Lipinski definition) is 2. The van der Waals surface area contributed by atoms with E-state index in [-0.39, 0.29) is 18.7 Å². The van der Waals surface area contributed by atoms with E-state index in [4.69, 9.17) is 9.63 Å². The summed E-state index contributed by atoms with van der Waals surface area (Å²) in [6, 6.07) is 0. The van der Waals surface area contributed by atoms with Gasteiger partial charge in [0.25, 0.3) is 0 Å². The highest BCUT2D eigenvalue weighted by molar-refractivity contribution is 7.13. The van der Waals surface area contributed by atoms with Crippen molar-refractivity contribution in [3.8, 4) is 0 Å². The molecule has 2 N–H and O–H groups in total. The maximum absolute atomic E-state index is 11.8. The second-order valence-corrected chi connectivity index (χ2v) is 5.42. The molecule has 0 saturated heterocycles. The van der Waals surface area contributed by atoms with Gasteiger partial charge in [0.05, 0.1) is 17.8 Å². The fraction of sp³-hybridized carbons (Fsp3) is 0.385. The van der Waals surface area contributed by atoms with Crippen LogP contribution in [-0.2, 0) is 22.4 Å². The zero-order chi connectivity index (χ0) is 15.4. The molecule has 0 aliphatic rings. The van der Waals surface area contributed by atoms with Crippen molar-refractivity contribution in [1.82, 2.24) is 10.1 Å². The van der Waals surface area contributed by atoms with Crippen LogP contribution in [0.15, 0.2) is 9.90 Å². The zero-order valence-corrected chi connectivity index (χ0v) is 12.5. The number of carboxylic acids is 1. The monoisotopic (exact) mass is 309 g/mol. The number of aromatic nitrogens is 2. The molecule has 2 heterocycles. The lowest BCUT2D eigenvalue weighted by Gasteiger charge is -2.01. The molecule has 0 spiro atoms. The van der Waals surface area contributed by atoms with Crippen molar-refractivity contribution in [1.29, 1.82) is 0 Å². The molecular formula is C13H15N3O4S. The van der Waals surface area contributed by atoms with E-state index in [0.717, 1.165) is 17.0 Å². The van der Waals surface area contributed by atoms with Gasteiger partial charge >= 0.3 is 5.97 Å². The highest BCUT2D eigenvalue weighted by Gasteiger charge is 2.13. The number of carbonyl (C=O) groups is 2. The lowest BCUT2D eigenvalue weighted by Crippen LogP contribution is -2.12. The molecule has 0 bridgehead atoms. The minimum Gasteiger partial charge on any atom is -0.481 e. The average Bonchev–Trinajstić information content (AvgIpc) is 2.95. The molecule has 0 fully saturated rings. The van der Waals surface area contributed by atoms with Crippen LogP contribution in [0.3, 0.4) is 0 Å². The number of hydrogen-bond acceptors (Lipinski definition) is 6. The molecule has 1 amide bonds. The van der Waals surface area contributed by atoms with E-state index in [2.05, 4.69) is 15.5 Å².